The number of imidazole rings is 1. The van der Waals surface area contributed by atoms with Gasteiger partial charge in [0.25, 0.3) is 5.91 Å². The molecule has 5 rings (SSSR count). The summed E-state index contributed by atoms with van der Waals surface area (Å²) in [6, 6.07) is 4.56. The van der Waals surface area contributed by atoms with Crippen LogP contribution in [0.15, 0.2) is 43.0 Å². The number of amides is 1. The summed E-state index contributed by atoms with van der Waals surface area (Å²) in [7, 11) is 1.58. The fourth-order valence-corrected chi connectivity index (χ4v) is 4.34. The van der Waals surface area contributed by atoms with E-state index >= 15 is 0 Å². The van der Waals surface area contributed by atoms with Crippen molar-refractivity contribution in [2.75, 3.05) is 19.4 Å². The van der Waals surface area contributed by atoms with Crippen molar-refractivity contribution in [1.29, 1.82) is 0 Å². The van der Waals surface area contributed by atoms with Crippen LogP contribution < -0.4 is 5.73 Å². The number of aromatic nitrogens is 4. The molecule has 0 aliphatic carbocycles. The number of pyridine rings is 1. The molecule has 0 radical (unpaired) electrons. The second kappa shape index (κ2) is 7.39. The number of carbonyl (C=O) groups excluding carboxylic acids is 1. The number of rotatable bonds is 2. The Morgan fingerprint density at radius 2 is 2.00 bits per heavy atom. The van der Waals surface area contributed by atoms with E-state index in [2.05, 4.69) is 15.0 Å². The standard InChI is InChI=1S/C23H21F3N6O2/c1-22(2)14-6-12(23(24,25)26)4-5-13(14)19(10-34-22)31(3)21(33)15-7-17-16(8-29-15)30-20(27)18-9-28-11-32(17)18/h4-9,11,19H,10H2,1-3H3,(H2,27,30)/t19-/m1/s1. The van der Waals surface area contributed by atoms with Crippen LogP contribution >= 0.6 is 0 Å². The van der Waals surface area contributed by atoms with E-state index in [0.29, 0.717) is 33.5 Å². The van der Waals surface area contributed by atoms with Gasteiger partial charge < -0.3 is 15.4 Å². The van der Waals surface area contributed by atoms with E-state index in [-0.39, 0.29) is 12.3 Å². The molecule has 3 aromatic heterocycles. The lowest BCUT2D eigenvalue weighted by atomic mass is 9.85. The Labute approximate surface area is 192 Å². The average Bonchev–Trinajstić information content (AvgIpc) is 3.28. The van der Waals surface area contributed by atoms with E-state index in [1.54, 1.807) is 43.9 Å². The van der Waals surface area contributed by atoms with Gasteiger partial charge in [-0.15, -0.1) is 0 Å². The van der Waals surface area contributed by atoms with Crippen molar-refractivity contribution in [2.24, 2.45) is 0 Å². The average molecular weight is 470 g/mol. The predicted molar refractivity (Wildman–Crippen MR) is 118 cm³/mol. The van der Waals surface area contributed by atoms with Crippen LogP contribution in [-0.2, 0) is 16.5 Å². The second-order valence-electron chi connectivity index (χ2n) is 8.76. The first-order valence-corrected chi connectivity index (χ1v) is 10.5. The number of alkyl halides is 3. The Hall–Kier alpha value is -3.73. The molecule has 0 unspecified atom stereocenters. The van der Waals surface area contributed by atoms with Crippen LogP contribution in [0.3, 0.4) is 0 Å². The number of likely N-dealkylation sites (N-methyl/N-ethyl adjacent to an activating group) is 1. The van der Waals surface area contributed by atoms with Gasteiger partial charge in [-0.1, -0.05) is 6.07 Å². The molecule has 1 aliphatic rings. The number of nitrogen functional groups attached to an aromatic ring is 1. The van der Waals surface area contributed by atoms with Gasteiger partial charge in [0.2, 0.25) is 0 Å². The Balaban J connectivity index is 1.54. The van der Waals surface area contributed by atoms with Crippen LogP contribution in [0, 0.1) is 0 Å². The second-order valence-corrected chi connectivity index (χ2v) is 8.76. The third kappa shape index (κ3) is 3.43. The van der Waals surface area contributed by atoms with E-state index in [1.165, 1.54) is 17.2 Å². The Kier molecular flexibility index (Phi) is 4.80. The number of nitrogens with two attached hydrogens (primary N) is 1. The highest BCUT2D eigenvalue weighted by atomic mass is 19.4. The van der Waals surface area contributed by atoms with Crippen molar-refractivity contribution in [2.45, 2.75) is 31.7 Å². The Bertz CT molecular complexity index is 1450. The van der Waals surface area contributed by atoms with Gasteiger partial charge in [0.1, 0.15) is 22.5 Å². The maximum absolute atomic E-state index is 13.4. The summed E-state index contributed by atoms with van der Waals surface area (Å²) in [6.07, 6.45) is 0.114. The van der Waals surface area contributed by atoms with Gasteiger partial charge in [-0.3, -0.25) is 9.20 Å². The van der Waals surface area contributed by atoms with Crippen molar-refractivity contribution < 1.29 is 22.7 Å². The zero-order valence-electron chi connectivity index (χ0n) is 18.6. The molecule has 4 aromatic rings. The fourth-order valence-electron chi connectivity index (χ4n) is 4.34. The van der Waals surface area contributed by atoms with Crippen molar-refractivity contribution in [3.63, 3.8) is 0 Å². The molecule has 11 heteroatoms. The lowest BCUT2D eigenvalue weighted by molar-refractivity contribution is -0.138. The molecule has 0 fully saturated rings. The van der Waals surface area contributed by atoms with E-state index < -0.39 is 29.3 Å². The van der Waals surface area contributed by atoms with Gasteiger partial charge >= 0.3 is 6.18 Å². The maximum Gasteiger partial charge on any atom is 0.416 e. The highest BCUT2D eigenvalue weighted by Crippen LogP contribution is 2.42. The zero-order valence-corrected chi connectivity index (χ0v) is 18.6. The molecular weight excluding hydrogens is 449 g/mol. The predicted octanol–water partition coefficient (Wildman–Crippen LogP) is 3.96. The number of benzene rings is 1. The first-order chi connectivity index (χ1) is 16.0. The minimum atomic E-state index is -4.48. The van der Waals surface area contributed by atoms with E-state index in [0.717, 1.165) is 12.1 Å². The quantitative estimate of drug-likeness (QED) is 0.476. The van der Waals surface area contributed by atoms with Crippen molar-refractivity contribution in [3.8, 4) is 0 Å². The lowest BCUT2D eigenvalue weighted by Gasteiger charge is -2.41. The monoisotopic (exact) mass is 470 g/mol. The summed E-state index contributed by atoms with van der Waals surface area (Å²) in [6.45, 7) is 3.55. The minimum Gasteiger partial charge on any atom is -0.382 e. The number of fused-ring (bicyclic) bond motifs is 4. The lowest BCUT2D eigenvalue weighted by Crippen LogP contribution is -2.41. The van der Waals surface area contributed by atoms with Crippen LogP contribution in [-0.4, -0.2) is 43.8 Å². The molecule has 1 aliphatic heterocycles. The van der Waals surface area contributed by atoms with Gasteiger partial charge in [0.15, 0.2) is 0 Å². The molecule has 0 spiro atoms. The van der Waals surface area contributed by atoms with Crippen LogP contribution in [0.1, 0.15) is 47.1 Å². The van der Waals surface area contributed by atoms with E-state index in [4.69, 9.17) is 10.5 Å². The number of nitrogens with zero attached hydrogens (tertiary/aromatic N) is 5. The normalized spacial score (nSPS) is 17.6. The number of anilines is 1. The number of ether oxygens (including phenoxy) is 1. The summed E-state index contributed by atoms with van der Waals surface area (Å²) >= 11 is 0. The molecule has 0 saturated carbocycles. The van der Waals surface area contributed by atoms with Gasteiger partial charge in [-0.05, 0) is 43.2 Å². The smallest absolute Gasteiger partial charge is 0.382 e. The number of hydrogen-bond acceptors (Lipinski definition) is 6. The summed E-state index contributed by atoms with van der Waals surface area (Å²) in [5.41, 5.74) is 7.10. The molecule has 8 nitrogen and oxygen atoms in total. The van der Waals surface area contributed by atoms with Gasteiger partial charge in [-0.2, -0.15) is 13.2 Å². The van der Waals surface area contributed by atoms with Crippen LogP contribution in [0.25, 0.3) is 16.6 Å². The largest absolute Gasteiger partial charge is 0.416 e. The number of hydrogen-bond donors (Lipinski definition) is 1. The maximum atomic E-state index is 13.4. The van der Waals surface area contributed by atoms with Gasteiger partial charge in [0.05, 0.1) is 48.1 Å². The van der Waals surface area contributed by atoms with E-state index in [1.807, 2.05) is 0 Å². The Morgan fingerprint density at radius 1 is 1.24 bits per heavy atom. The highest BCUT2D eigenvalue weighted by molar-refractivity contribution is 5.96. The molecule has 2 N–H and O–H groups in total. The number of carbonyl (C=O) groups is 1. The topological polar surface area (TPSA) is 98.6 Å². The summed E-state index contributed by atoms with van der Waals surface area (Å²) in [5.74, 6) is -0.119. The molecule has 1 amide bonds. The Morgan fingerprint density at radius 3 is 2.74 bits per heavy atom. The third-order valence-electron chi connectivity index (χ3n) is 6.26. The minimum absolute atomic E-state index is 0.130. The molecule has 0 saturated heterocycles. The summed E-state index contributed by atoms with van der Waals surface area (Å²) < 4.78 is 47.6. The molecule has 1 aromatic carbocycles. The van der Waals surface area contributed by atoms with Crippen LogP contribution in [0.5, 0.6) is 0 Å². The van der Waals surface area contributed by atoms with Gasteiger partial charge in [-0.25, -0.2) is 15.0 Å². The molecule has 4 heterocycles. The third-order valence-corrected chi connectivity index (χ3v) is 6.26. The SMILES string of the molecule is CN(C(=O)c1cc2c(cn1)nc(N)c1cncn12)[C@@H]1COC(C)(C)c2cc(C(F)(F)F)ccc21. The van der Waals surface area contributed by atoms with Gasteiger partial charge in [0, 0.05) is 7.05 Å². The molecular formula is C23H21F3N6O2. The number of halogens is 3. The van der Waals surface area contributed by atoms with Crippen LogP contribution in [0.4, 0.5) is 19.0 Å². The summed E-state index contributed by atoms with van der Waals surface area (Å²) in [4.78, 5) is 27.5. The molecule has 176 valence electrons. The van der Waals surface area contributed by atoms with Crippen LogP contribution in [0.2, 0.25) is 0 Å². The van der Waals surface area contributed by atoms with E-state index in [9.17, 15) is 18.0 Å². The van der Waals surface area contributed by atoms with Crippen molar-refractivity contribution in [1.82, 2.24) is 24.3 Å². The van der Waals surface area contributed by atoms with Crippen molar-refractivity contribution >= 4 is 28.3 Å². The first-order valence-electron chi connectivity index (χ1n) is 10.5. The molecule has 34 heavy (non-hydrogen) atoms. The fraction of sp³-hybridized carbons (Fsp3) is 0.304. The molecule has 0 bridgehead atoms. The van der Waals surface area contributed by atoms with Crippen molar-refractivity contribution in [3.05, 3.63) is 65.4 Å². The zero-order chi connectivity index (χ0) is 24.4. The summed E-state index contributed by atoms with van der Waals surface area (Å²) in [5, 5.41) is 0. The molecule has 1 atom stereocenters. The highest BCUT2D eigenvalue weighted by Gasteiger charge is 2.40. The first kappa shape index (κ1) is 22.1.